The van der Waals surface area contributed by atoms with Crippen LogP contribution >= 0.6 is 11.3 Å². The second kappa shape index (κ2) is 5.63. The van der Waals surface area contributed by atoms with E-state index in [-0.39, 0.29) is 0 Å². The lowest BCUT2D eigenvalue weighted by molar-refractivity contribution is 0.684. The Kier molecular flexibility index (Phi) is 3.88. The van der Waals surface area contributed by atoms with Crippen LogP contribution in [0.15, 0.2) is 41.9 Å². The second-order valence-electron chi connectivity index (χ2n) is 3.34. The summed E-state index contributed by atoms with van der Waals surface area (Å²) in [6, 6.07) is 10.5. The molecule has 2 nitrogen and oxygen atoms in total. The SMILES string of the molecule is c1ccc(CCNCc2nccs2)cc1. The molecule has 0 aliphatic carbocycles. The highest BCUT2D eigenvalue weighted by atomic mass is 32.1. The fraction of sp³-hybridized carbons (Fsp3) is 0.250. The van der Waals surface area contributed by atoms with Crippen LogP contribution in [0, 0.1) is 0 Å². The van der Waals surface area contributed by atoms with Gasteiger partial charge in [-0.05, 0) is 18.5 Å². The Morgan fingerprint density at radius 1 is 1.20 bits per heavy atom. The van der Waals surface area contributed by atoms with Crippen LogP contribution in [0.2, 0.25) is 0 Å². The van der Waals surface area contributed by atoms with Crippen LogP contribution in [0.1, 0.15) is 10.6 Å². The minimum Gasteiger partial charge on any atom is -0.310 e. The van der Waals surface area contributed by atoms with Crippen molar-refractivity contribution in [2.75, 3.05) is 6.54 Å². The third-order valence-electron chi connectivity index (χ3n) is 2.19. The summed E-state index contributed by atoms with van der Waals surface area (Å²) in [5, 5.41) is 6.55. The fourth-order valence-corrected chi connectivity index (χ4v) is 2.00. The predicted molar refractivity (Wildman–Crippen MR) is 64.0 cm³/mol. The molecule has 0 saturated carbocycles. The van der Waals surface area contributed by atoms with Crippen molar-refractivity contribution in [1.82, 2.24) is 10.3 Å². The first-order valence-corrected chi connectivity index (χ1v) is 5.96. The summed E-state index contributed by atoms with van der Waals surface area (Å²) in [5.74, 6) is 0. The Morgan fingerprint density at radius 2 is 2.07 bits per heavy atom. The lowest BCUT2D eigenvalue weighted by atomic mass is 10.1. The Hall–Kier alpha value is -1.19. The summed E-state index contributed by atoms with van der Waals surface area (Å²) in [5.41, 5.74) is 1.38. The number of nitrogens with zero attached hydrogens (tertiary/aromatic N) is 1. The van der Waals surface area contributed by atoms with Crippen LogP contribution < -0.4 is 5.32 Å². The van der Waals surface area contributed by atoms with Gasteiger partial charge in [-0.1, -0.05) is 30.3 Å². The Labute approximate surface area is 94.0 Å². The zero-order chi connectivity index (χ0) is 10.3. The maximum absolute atomic E-state index is 4.22. The Bertz CT molecular complexity index is 370. The highest BCUT2D eigenvalue weighted by Crippen LogP contribution is 2.03. The van der Waals surface area contributed by atoms with E-state index in [0.717, 1.165) is 24.5 Å². The predicted octanol–water partition coefficient (Wildman–Crippen LogP) is 2.48. The lowest BCUT2D eigenvalue weighted by Crippen LogP contribution is -2.16. The molecule has 1 heterocycles. The third kappa shape index (κ3) is 3.46. The maximum atomic E-state index is 4.22. The van der Waals surface area contributed by atoms with Gasteiger partial charge in [0, 0.05) is 18.1 Å². The van der Waals surface area contributed by atoms with Crippen molar-refractivity contribution < 1.29 is 0 Å². The second-order valence-corrected chi connectivity index (χ2v) is 4.32. The molecular formula is C12H14N2S. The van der Waals surface area contributed by atoms with E-state index >= 15 is 0 Å². The molecule has 0 atom stereocenters. The molecule has 3 heteroatoms. The van der Waals surface area contributed by atoms with Gasteiger partial charge in [0.05, 0.1) is 0 Å². The summed E-state index contributed by atoms with van der Waals surface area (Å²) in [7, 11) is 0. The van der Waals surface area contributed by atoms with Gasteiger partial charge < -0.3 is 5.32 Å². The Balaban J connectivity index is 1.68. The first-order chi connectivity index (χ1) is 7.45. The van der Waals surface area contributed by atoms with E-state index in [0.29, 0.717) is 0 Å². The smallest absolute Gasteiger partial charge is 0.106 e. The van der Waals surface area contributed by atoms with E-state index in [1.54, 1.807) is 11.3 Å². The van der Waals surface area contributed by atoms with Gasteiger partial charge >= 0.3 is 0 Å². The van der Waals surface area contributed by atoms with Gasteiger partial charge in [-0.3, -0.25) is 0 Å². The van der Waals surface area contributed by atoms with Crippen molar-refractivity contribution in [1.29, 1.82) is 0 Å². The van der Waals surface area contributed by atoms with Gasteiger partial charge in [0.25, 0.3) is 0 Å². The molecule has 0 spiro atoms. The van der Waals surface area contributed by atoms with Crippen LogP contribution in [0.3, 0.4) is 0 Å². The number of rotatable bonds is 5. The Morgan fingerprint density at radius 3 is 2.80 bits per heavy atom. The third-order valence-corrected chi connectivity index (χ3v) is 2.97. The molecule has 0 aliphatic heterocycles. The van der Waals surface area contributed by atoms with E-state index in [2.05, 4.69) is 34.6 Å². The molecule has 0 unspecified atom stereocenters. The van der Waals surface area contributed by atoms with Gasteiger partial charge in [0.1, 0.15) is 5.01 Å². The summed E-state index contributed by atoms with van der Waals surface area (Å²) >= 11 is 1.70. The van der Waals surface area contributed by atoms with Crippen molar-refractivity contribution in [3.05, 3.63) is 52.5 Å². The molecule has 1 N–H and O–H groups in total. The summed E-state index contributed by atoms with van der Waals surface area (Å²) < 4.78 is 0. The van der Waals surface area contributed by atoms with E-state index in [4.69, 9.17) is 0 Å². The van der Waals surface area contributed by atoms with Gasteiger partial charge in [0.15, 0.2) is 0 Å². The quantitative estimate of drug-likeness (QED) is 0.780. The van der Waals surface area contributed by atoms with Crippen LogP contribution in [0.5, 0.6) is 0 Å². The highest BCUT2D eigenvalue weighted by Gasteiger charge is 1.94. The molecule has 0 radical (unpaired) electrons. The molecule has 2 rings (SSSR count). The standard InChI is InChI=1S/C12H14N2S/c1-2-4-11(5-3-1)6-7-13-10-12-14-8-9-15-12/h1-5,8-9,13H,6-7,10H2. The lowest BCUT2D eigenvalue weighted by Gasteiger charge is -2.02. The zero-order valence-corrected chi connectivity index (χ0v) is 9.33. The van der Waals surface area contributed by atoms with Gasteiger partial charge in [-0.25, -0.2) is 4.98 Å². The molecule has 0 saturated heterocycles. The van der Waals surface area contributed by atoms with Crippen molar-refractivity contribution in [3.8, 4) is 0 Å². The normalized spacial score (nSPS) is 10.4. The molecule has 1 aromatic carbocycles. The monoisotopic (exact) mass is 218 g/mol. The molecule has 15 heavy (non-hydrogen) atoms. The van der Waals surface area contributed by atoms with E-state index in [1.807, 2.05) is 17.6 Å². The average molecular weight is 218 g/mol. The van der Waals surface area contributed by atoms with Gasteiger partial charge in [-0.15, -0.1) is 11.3 Å². The summed E-state index contributed by atoms with van der Waals surface area (Å²) in [6.45, 7) is 1.88. The van der Waals surface area contributed by atoms with E-state index in [1.165, 1.54) is 5.56 Å². The molecule has 0 amide bonds. The van der Waals surface area contributed by atoms with Crippen LogP contribution in [0.4, 0.5) is 0 Å². The molecular weight excluding hydrogens is 204 g/mol. The largest absolute Gasteiger partial charge is 0.310 e. The number of hydrogen-bond donors (Lipinski definition) is 1. The molecule has 0 fully saturated rings. The van der Waals surface area contributed by atoms with Gasteiger partial charge in [-0.2, -0.15) is 0 Å². The molecule has 0 aliphatic rings. The zero-order valence-electron chi connectivity index (χ0n) is 8.52. The molecule has 0 bridgehead atoms. The topological polar surface area (TPSA) is 24.9 Å². The van der Waals surface area contributed by atoms with Crippen molar-refractivity contribution >= 4 is 11.3 Å². The number of hydrogen-bond acceptors (Lipinski definition) is 3. The first-order valence-electron chi connectivity index (χ1n) is 5.08. The number of benzene rings is 1. The summed E-state index contributed by atoms with van der Waals surface area (Å²) in [6.07, 6.45) is 2.92. The maximum Gasteiger partial charge on any atom is 0.106 e. The van der Waals surface area contributed by atoms with Crippen molar-refractivity contribution in [2.45, 2.75) is 13.0 Å². The molecule has 1 aromatic heterocycles. The summed E-state index contributed by atoms with van der Waals surface area (Å²) in [4.78, 5) is 4.22. The minimum absolute atomic E-state index is 0.879. The van der Waals surface area contributed by atoms with Crippen LogP contribution in [-0.2, 0) is 13.0 Å². The number of nitrogens with one attached hydrogen (secondary N) is 1. The van der Waals surface area contributed by atoms with Crippen LogP contribution in [-0.4, -0.2) is 11.5 Å². The van der Waals surface area contributed by atoms with Crippen LogP contribution in [0.25, 0.3) is 0 Å². The van der Waals surface area contributed by atoms with E-state index in [9.17, 15) is 0 Å². The molecule has 2 aromatic rings. The molecule has 78 valence electrons. The average Bonchev–Trinajstić information content (AvgIpc) is 2.79. The first kappa shape index (κ1) is 10.3. The number of thiazole rings is 1. The minimum atomic E-state index is 0.879. The van der Waals surface area contributed by atoms with Crippen molar-refractivity contribution in [2.24, 2.45) is 0 Å². The van der Waals surface area contributed by atoms with Gasteiger partial charge in [0.2, 0.25) is 0 Å². The van der Waals surface area contributed by atoms with E-state index < -0.39 is 0 Å². The van der Waals surface area contributed by atoms with Crippen molar-refractivity contribution in [3.63, 3.8) is 0 Å². The highest BCUT2D eigenvalue weighted by molar-refractivity contribution is 7.09. The fourth-order valence-electron chi connectivity index (χ4n) is 1.41. The number of aromatic nitrogens is 1.